The molecular formula is C32H32N2O2S2. The Balaban J connectivity index is 1.54. The fourth-order valence-electron chi connectivity index (χ4n) is 4.07. The molecule has 0 spiro atoms. The lowest BCUT2D eigenvalue weighted by atomic mass is 10.1. The van der Waals surface area contributed by atoms with Crippen molar-refractivity contribution in [1.29, 1.82) is 0 Å². The molecule has 0 bridgehead atoms. The molecule has 0 aliphatic carbocycles. The molecule has 0 aromatic heterocycles. The molecule has 2 amide bonds. The molecule has 6 heteroatoms. The average Bonchev–Trinajstić information content (AvgIpc) is 2.94. The summed E-state index contributed by atoms with van der Waals surface area (Å²) in [5, 5.41) is 6.26. The summed E-state index contributed by atoms with van der Waals surface area (Å²) < 4.78 is 0. The van der Waals surface area contributed by atoms with Crippen molar-refractivity contribution >= 4 is 44.8 Å². The highest BCUT2D eigenvalue weighted by Crippen LogP contribution is 2.45. The van der Waals surface area contributed by atoms with Crippen molar-refractivity contribution in [2.75, 3.05) is 10.6 Å². The van der Waals surface area contributed by atoms with Gasteiger partial charge in [-0.15, -0.1) is 0 Å². The predicted octanol–water partition coefficient (Wildman–Crippen LogP) is 8.73. The molecule has 0 radical (unpaired) electrons. The van der Waals surface area contributed by atoms with Crippen LogP contribution in [0.1, 0.15) is 56.8 Å². The first kappa shape index (κ1) is 27.6. The van der Waals surface area contributed by atoms with E-state index in [1.807, 2.05) is 98.8 Å². The molecule has 0 aliphatic rings. The van der Waals surface area contributed by atoms with E-state index in [1.54, 1.807) is 21.6 Å². The molecule has 0 saturated heterocycles. The fraction of sp³-hybridized carbons (Fsp3) is 0.188. The van der Waals surface area contributed by atoms with Crippen molar-refractivity contribution in [2.45, 2.75) is 50.3 Å². The highest BCUT2D eigenvalue weighted by atomic mass is 33.1. The maximum Gasteiger partial charge on any atom is 0.255 e. The summed E-state index contributed by atoms with van der Waals surface area (Å²) in [6, 6.07) is 27.4. The summed E-state index contributed by atoms with van der Waals surface area (Å²) >= 11 is 0. The standard InChI is InChI=1S/C32H32N2O2S2/c1-5-23-13-9-15-25(19-23)31(35)33-29-21(3)11-7-17-27(29)37-38-28-18-8-12-22(4)30(28)34-32(36)26-16-10-14-24(6-2)20-26/h7-20H,5-6H2,1-4H3,(H,33,35)(H,34,36). The minimum atomic E-state index is -0.126. The Morgan fingerprint density at radius 1 is 0.605 bits per heavy atom. The van der Waals surface area contributed by atoms with E-state index in [0.29, 0.717) is 11.1 Å². The second kappa shape index (κ2) is 12.9. The maximum atomic E-state index is 13.1. The number of amides is 2. The number of hydrogen-bond donors (Lipinski definition) is 2. The average molecular weight is 541 g/mol. The first-order chi connectivity index (χ1) is 18.4. The Hall–Kier alpha value is -3.48. The van der Waals surface area contributed by atoms with Gasteiger partial charge in [-0.05, 0) is 85.3 Å². The lowest BCUT2D eigenvalue weighted by Gasteiger charge is -2.16. The Labute approximate surface area is 233 Å². The molecule has 0 atom stereocenters. The number of benzene rings is 4. The Kier molecular flexibility index (Phi) is 9.32. The molecule has 194 valence electrons. The van der Waals surface area contributed by atoms with Crippen LogP contribution in [-0.4, -0.2) is 11.8 Å². The van der Waals surface area contributed by atoms with Crippen molar-refractivity contribution in [3.05, 3.63) is 118 Å². The van der Waals surface area contributed by atoms with Crippen LogP contribution in [0.2, 0.25) is 0 Å². The molecule has 4 rings (SSSR count). The van der Waals surface area contributed by atoms with Crippen LogP contribution in [0.5, 0.6) is 0 Å². The fourth-order valence-corrected chi connectivity index (χ4v) is 6.48. The SMILES string of the molecule is CCc1cccc(C(=O)Nc2c(C)cccc2SSc2cccc(C)c2NC(=O)c2cccc(CC)c2)c1. The number of anilines is 2. The van der Waals surface area contributed by atoms with Crippen LogP contribution in [0, 0.1) is 13.8 Å². The second-order valence-electron chi connectivity index (χ2n) is 9.08. The summed E-state index contributed by atoms with van der Waals surface area (Å²) in [6.07, 6.45) is 1.76. The van der Waals surface area contributed by atoms with Gasteiger partial charge in [-0.3, -0.25) is 9.59 Å². The number of nitrogens with one attached hydrogen (secondary N) is 2. The molecule has 0 unspecified atom stereocenters. The van der Waals surface area contributed by atoms with Crippen LogP contribution in [-0.2, 0) is 12.8 Å². The first-order valence-electron chi connectivity index (χ1n) is 12.7. The van der Waals surface area contributed by atoms with Crippen LogP contribution in [0.25, 0.3) is 0 Å². The number of rotatable bonds is 9. The van der Waals surface area contributed by atoms with Gasteiger partial charge in [0.25, 0.3) is 11.8 Å². The van der Waals surface area contributed by atoms with Crippen LogP contribution in [0.3, 0.4) is 0 Å². The van der Waals surface area contributed by atoms with E-state index < -0.39 is 0 Å². The lowest BCUT2D eigenvalue weighted by Crippen LogP contribution is -2.14. The molecule has 0 aliphatic heterocycles. The molecule has 0 fully saturated rings. The smallest absolute Gasteiger partial charge is 0.255 e. The molecule has 4 nitrogen and oxygen atoms in total. The summed E-state index contributed by atoms with van der Waals surface area (Å²) in [6.45, 7) is 8.15. The number of aryl methyl sites for hydroxylation is 4. The van der Waals surface area contributed by atoms with Crippen molar-refractivity contribution in [3.63, 3.8) is 0 Å². The van der Waals surface area contributed by atoms with Gasteiger partial charge in [0.2, 0.25) is 0 Å². The number of carbonyl (C=O) groups is 2. The van der Waals surface area contributed by atoms with Crippen molar-refractivity contribution in [2.24, 2.45) is 0 Å². The number of hydrogen-bond acceptors (Lipinski definition) is 4. The zero-order valence-electron chi connectivity index (χ0n) is 22.1. The van der Waals surface area contributed by atoms with Gasteiger partial charge >= 0.3 is 0 Å². The summed E-state index contributed by atoms with van der Waals surface area (Å²) in [7, 11) is 3.12. The molecule has 0 saturated carbocycles. The third kappa shape index (κ3) is 6.69. The predicted molar refractivity (Wildman–Crippen MR) is 162 cm³/mol. The number of carbonyl (C=O) groups excluding carboxylic acids is 2. The van der Waals surface area contributed by atoms with E-state index in [0.717, 1.165) is 56.3 Å². The van der Waals surface area contributed by atoms with Crippen LogP contribution >= 0.6 is 21.6 Å². The second-order valence-corrected chi connectivity index (χ2v) is 11.3. The molecule has 0 heterocycles. The first-order valence-corrected chi connectivity index (χ1v) is 14.9. The van der Waals surface area contributed by atoms with E-state index in [9.17, 15) is 9.59 Å². The largest absolute Gasteiger partial charge is 0.321 e. The Bertz CT molecular complexity index is 1350. The van der Waals surface area contributed by atoms with Gasteiger partial charge in [0.05, 0.1) is 11.4 Å². The summed E-state index contributed by atoms with van der Waals surface area (Å²) in [5.41, 5.74) is 7.12. The summed E-state index contributed by atoms with van der Waals surface area (Å²) in [4.78, 5) is 28.1. The maximum absolute atomic E-state index is 13.1. The molecular weight excluding hydrogens is 508 g/mol. The van der Waals surface area contributed by atoms with E-state index in [-0.39, 0.29) is 11.8 Å². The lowest BCUT2D eigenvalue weighted by molar-refractivity contribution is 0.101. The number of para-hydroxylation sites is 2. The van der Waals surface area contributed by atoms with Gasteiger partial charge < -0.3 is 10.6 Å². The zero-order valence-corrected chi connectivity index (χ0v) is 23.8. The minimum absolute atomic E-state index is 0.126. The Morgan fingerprint density at radius 2 is 1.00 bits per heavy atom. The third-order valence-corrected chi connectivity index (χ3v) is 8.81. The van der Waals surface area contributed by atoms with Crippen molar-refractivity contribution in [1.82, 2.24) is 0 Å². The zero-order chi connectivity index (χ0) is 27.1. The van der Waals surface area contributed by atoms with Gasteiger partial charge in [0.1, 0.15) is 0 Å². The van der Waals surface area contributed by atoms with Crippen molar-refractivity contribution in [3.8, 4) is 0 Å². The third-order valence-electron chi connectivity index (χ3n) is 6.36. The van der Waals surface area contributed by atoms with E-state index in [2.05, 4.69) is 24.5 Å². The van der Waals surface area contributed by atoms with Crippen molar-refractivity contribution < 1.29 is 9.59 Å². The quantitative estimate of drug-likeness (QED) is 0.208. The normalized spacial score (nSPS) is 10.7. The minimum Gasteiger partial charge on any atom is -0.321 e. The van der Waals surface area contributed by atoms with Gasteiger partial charge in [0.15, 0.2) is 0 Å². The van der Waals surface area contributed by atoms with E-state index in [4.69, 9.17) is 0 Å². The van der Waals surface area contributed by atoms with Gasteiger partial charge in [-0.25, -0.2) is 0 Å². The van der Waals surface area contributed by atoms with Crippen LogP contribution in [0.15, 0.2) is 94.7 Å². The highest BCUT2D eigenvalue weighted by molar-refractivity contribution is 8.76. The highest BCUT2D eigenvalue weighted by Gasteiger charge is 2.16. The van der Waals surface area contributed by atoms with Gasteiger partial charge in [-0.2, -0.15) is 0 Å². The molecule has 4 aromatic carbocycles. The Morgan fingerprint density at radius 3 is 1.39 bits per heavy atom. The summed E-state index contributed by atoms with van der Waals surface area (Å²) in [5.74, 6) is -0.251. The van der Waals surface area contributed by atoms with Crippen LogP contribution in [0.4, 0.5) is 11.4 Å². The molecule has 4 aromatic rings. The van der Waals surface area contributed by atoms with Gasteiger partial charge in [-0.1, -0.05) is 84.0 Å². The van der Waals surface area contributed by atoms with Crippen LogP contribution < -0.4 is 10.6 Å². The topological polar surface area (TPSA) is 58.2 Å². The van der Waals surface area contributed by atoms with Gasteiger partial charge in [0, 0.05) is 20.9 Å². The molecule has 38 heavy (non-hydrogen) atoms. The van der Waals surface area contributed by atoms with E-state index >= 15 is 0 Å². The monoisotopic (exact) mass is 540 g/mol. The van der Waals surface area contributed by atoms with E-state index in [1.165, 1.54) is 0 Å². The molecule has 2 N–H and O–H groups in total.